The molecule has 0 saturated carbocycles. The topological polar surface area (TPSA) is 127 Å². The van der Waals surface area contributed by atoms with Crippen LogP contribution in [0.5, 0.6) is 0 Å². The highest BCUT2D eigenvalue weighted by atomic mass is 32.2. The lowest BCUT2D eigenvalue weighted by molar-refractivity contribution is -0.387. The SMILES string of the molecule is NNc1ccc([N+](=O)[O-])c(S(=O)(=O)NC2CCSCC2)c1. The fourth-order valence-corrected chi connectivity index (χ4v) is 4.68. The van der Waals surface area contributed by atoms with Gasteiger partial charge in [-0.05, 0) is 36.5 Å². The monoisotopic (exact) mass is 332 g/mol. The Kier molecular flexibility index (Phi) is 5.04. The second-order valence-corrected chi connectivity index (χ2v) is 7.50. The number of nitrogens with zero attached hydrogens (tertiary/aromatic N) is 1. The highest BCUT2D eigenvalue weighted by molar-refractivity contribution is 7.99. The van der Waals surface area contributed by atoms with E-state index < -0.39 is 20.6 Å². The minimum Gasteiger partial charge on any atom is -0.324 e. The highest BCUT2D eigenvalue weighted by Gasteiger charge is 2.29. The number of nitro benzene ring substituents is 1. The Hall–Kier alpha value is -1.36. The number of sulfonamides is 1. The minimum atomic E-state index is -3.96. The second-order valence-electron chi connectivity index (χ2n) is 4.59. The van der Waals surface area contributed by atoms with Gasteiger partial charge in [0.05, 0.1) is 10.6 Å². The number of rotatable bonds is 5. The molecule has 1 aromatic rings. The second kappa shape index (κ2) is 6.60. The van der Waals surface area contributed by atoms with Crippen LogP contribution in [0, 0.1) is 10.1 Å². The van der Waals surface area contributed by atoms with Gasteiger partial charge in [-0.25, -0.2) is 13.1 Å². The zero-order chi connectivity index (χ0) is 15.5. The lowest BCUT2D eigenvalue weighted by atomic mass is 10.2. The van der Waals surface area contributed by atoms with E-state index >= 15 is 0 Å². The molecule has 0 atom stereocenters. The van der Waals surface area contributed by atoms with E-state index in [0.29, 0.717) is 18.5 Å². The van der Waals surface area contributed by atoms with Crippen molar-refractivity contribution in [3.05, 3.63) is 28.3 Å². The average Bonchev–Trinajstić information content (AvgIpc) is 2.47. The normalized spacial score (nSPS) is 16.6. The summed E-state index contributed by atoms with van der Waals surface area (Å²) in [6.07, 6.45) is 1.43. The van der Waals surface area contributed by atoms with Crippen LogP contribution in [-0.2, 0) is 10.0 Å². The number of nitrogens with two attached hydrogens (primary N) is 1. The van der Waals surface area contributed by atoms with Crippen LogP contribution in [0.15, 0.2) is 23.1 Å². The van der Waals surface area contributed by atoms with Crippen molar-refractivity contribution in [3.8, 4) is 0 Å². The van der Waals surface area contributed by atoms with E-state index in [-0.39, 0.29) is 10.9 Å². The fraction of sp³-hybridized carbons (Fsp3) is 0.455. The van der Waals surface area contributed by atoms with Gasteiger partial charge in [0.2, 0.25) is 10.0 Å². The fourth-order valence-electron chi connectivity index (χ4n) is 2.07. The minimum absolute atomic E-state index is 0.189. The van der Waals surface area contributed by atoms with E-state index in [1.807, 2.05) is 0 Å². The molecular formula is C11H16N4O4S2. The predicted molar refractivity (Wildman–Crippen MR) is 81.6 cm³/mol. The molecule has 116 valence electrons. The van der Waals surface area contributed by atoms with Gasteiger partial charge in [0.1, 0.15) is 0 Å². The van der Waals surface area contributed by atoms with E-state index in [9.17, 15) is 18.5 Å². The smallest absolute Gasteiger partial charge is 0.289 e. The molecule has 21 heavy (non-hydrogen) atoms. The van der Waals surface area contributed by atoms with Gasteiger partial charge in [0.15, 0.2) is 4.90 Å². The van der Waals surface area contributed by atoms with Crippen molar-refractivity contribution < 1.29 is 13.3 Å². The summed E-state index contributed by atoms with van der Waals surface area (Å²) in [7, 11) is -3.96. The Bertz CT molecular complexity index is 629. The van der Waals surface area contributed by atoms with Crippen molar-refractivity contribution in [2.24, 2.45) is 5.84 Å². The molecule has 0 radical (unpaired) electrons. The number of hydrogen-bond acceptors (Lipinski definition) is 7. The molecule has 0 spiro atoms. The zero-order valence-corrected chi connectivity index (χ0v) is 12.7. The predicted octanol–water partition coefficient (Wildman–Crippen LogP) is 1.05. The zero-order valence-electron chi connectivity index (χ0n) is 11.1. The van der Waals surface area contributed by atoms with Crippen molar-refractivity contribution in [3.63, 3.8) is 0 Å². The van der Waals surface area contributed by atoms with E-state index in [4.69, 9.17) is 5.84 Å². The number of anilines is 1. The van der Waals surface area contributed by atoms with Gasteiger partial charge in [-0.15, -0.1) is 0 Å². The van der Waals surface area contributed by atoms with Gasteiger partial charge >= 0.3 is 0 Å². The molecule has 0 aromatic heterocycles. The van der Waals surface area contributed by atoms with Crippen molar-refractivity contribution in [2.75, 3.05) is 16.9 Å². The first kappa shape index (κ1) is 16.0. The molecule has 1 saturated heterocycles. The summed E-state index contributed by atoms with van der Waals surface area (Å²) in [4.78, 5) is 9.93. The first-order chi connectivity index (χ1) is 9.94. The summed E-state index contributed by atoms with van der Waals surface area (Å²) >= 11 is 1.77. The third-order valence-corrected chi connectivity index (χ3v) is 5.75. The van der Waals surface area contributed by atoms with Gasteiger partial charge in [-0.1, -0.05) is 0 Å². The summed E-state index contributed by atoms with van der Waals surface area (Å²) in [5.41, 5.74) is 2.12. The maximum Gasteiger partial charge on any atom is 0.289 e. The van der Waals surface area contributed by atoms with Gasteiger partial charge in [-0.3, -0.25) is 16.0 Å². The number of nitrogens with one attached hydrogen (secondary N) is 2. The first-order valence-corrected chi connectivity index (χ1v) is 8.93. The molecule has 8 nitrogen and oxygen atoms in total. The summed E-state index contributed by atoms with van der Waals surface area (Å²) in [6, 6.07) is 3.46. The summed E-state index contributed by atoms with van der Waals surface area (Å²) < 4.78 is 27.3. The van der Waals surface area contributed by atoms with E-state index in [0.717, 1.165) is 23.6 Å². The van der Waals surface area contributed by atoms with Crippen molar-refractivity contribution in [2.45, 2.75) is 23.8 Å². The lowest BCUT2D eigenvalue weighted by Gasteiger charge is -2.22. The molecule has 1 fully saturated rings. The molecule has 1 aliphatic rings. The summed E-state index contributed by atoms with van der Waals surface area (Å²) in [6.45, 7) is 0. The molecule has 1 aromatic carbocycles. The van der Waals surface area contributed by atoms with Gasteiger partial charge in [-0.2, -0.15) is 11.8 Å². The Morgan fingerprint density at radius 2 is 2.00 bits per heavy atom. The molecule has 1 aliphatic heterocycles. The molecule has 4 N–H and O–H groups in total. The van der Waals surface area contributed by atoms with E-state index in [2.05, 4.69) is 10.1 Å². The molecule has 0 bridgehead atoms. The maximum atomic E-state index is 12.4. The number of nitrogen functional groups attached to an aromatic ring is 1. The number of thioether (sulfide) groups is 1. The molecule has 0 unspecified atom stereocenters. The van der Waals surface area contributed by atoms with Crippen molar-refractivity contribution in [1.82, 2.24) is 4.72 Å². The van der Waals surface area contributed by atoms with Crippen LogP contribution in [0.2, 0.25) is 0 Å². The summed E-state index contributed by atoms with van der Waals surface area (Å²) in [5.74, 6) is 6.98. The molecular weight excluding hydrogens is 316 g/mol. The average molecular weight is 332 g/mol. The largest absolute Gasteiger partial charge is 0.324 e. The Labute approximate surface area is 126 Å². The van der Waals surface area contributed by atoms with Crippen LogP contribution in [0.4, 0.5) is 11.4 Å². The molecule has 0 aliphatic carbocycles. The first-order valence-electron chi connectivity index (χ1n) is 6.29. The van der Waals surface area contributed by atoms with Crippen LogP contribution in [-0.4, -0.2) is 30.9 Å². The van der Waals surface area contributed by atoms with Crippen LogP contribution >= 0.6 is 11.8 Å². The van der Waals surface area contributed by atoms with Crippen LogP contribution in [0.25, 0.3) is 0 Å². The molecule has 0 amide bonds. The number of nitro groups is 1. The third kappa shape index (κ3) is 3.84. The van der Waals surface area contributed by atoms with Crippen LogP contribution < -0.4 is 16.0 Å². The molecule has 10 heteroatoms. The van der Waals surface area contributed by atoms with E-state index in [1.165, 1.54) is 6.07 Å². The van der Waals surface area contributed by atoms with Crippen molar-refractivity contribution >= 4 is 33.2 Å². The third-order valence-electron chi connectivity index (χ3n) is 3.16. The molecule has 1 heterocycles. The van der Waals surface area contributed by atoms with Gasteiger partial charge in [0.25, 0.3) is 5.69 Å². The quantitative estimate of drug-likeness (QED) is 0.418. The van der Waals surface area contributed by atoms with Crippen LogP contribution in [0.1, 0.15) is 12.8 Å². The van der Waals surface area contributed by atoms with Crippen LogP contribution in [0.3, 0.4) is 0 Å². The lowest BCUT2D eigenvalue weighted by Crippen LogP contribution is -2.37. The summed E-state index contributed by atoms with van der Waals surface area (Å²) in [5, 5.41) is 11.0. The van der Waals surface area contributed by atoms with Gasteiger partial charge in [0, 0.05) is 12.1 Å². The Morgan fingerprint density at radius 3 is 2.57 bits per heavy atom. The Balaban J connectivity index is 2.35. The highest BCUT2D eigenvalue weighted by Crippen LogP contribution is 2.28. The van der Waals surface area contributed by atoms with E-state index in [1.54, 1.807) is 11.8 Å². The maximum absolute atomic E-state index is 12.4. The van der Waals surface area contributed by atoms with Gasteiger partial charge < -0.3 is 5.43 Å². The molecule has 2 rings (SSSR count). The number of benzene rings is 1. The number of hydrogen-bond donors (Lipinski definition) is 3. The number of hydrazine groups is 1. The standard InChI is InChI=1S/C11H16N4O4S2/c12-13-9-1-2-10(15(16)17)11(7-9)21(18,19)14-8-3-5-20-6-4-8/h1-2,7-8,13-14H,3-6,12H2. The Morgan fingerprint density at radius 1 is 1.33 bits per heavy atom. The van der Waals surface area contributed by atoms with Crippen molar-refractivity contribution in [1.29, 1.82) is 0 Å².